The summed E-state index contributed by atoms with van der Waals surface area (Å²) < 4.78 is 12.0. The summed E-state index contributed by atoms with van der Waals surface area (Å²) >= 11 is 1.34. The van der Waals surface area contributed by atoms with E-state index < -0.39 is 17.7 Å². The molecule has 2 aliphatic rings. The van der Waals surface area contributed by atoms with Gasteiger partial charge in [0, 0.05) is 12.0 Å². The molecule has 0 bridgehead atoms. The lowest BCUT2D eigenvalue weighted by molar-refractivity contribution is -0.132. The molecule has 8 heteroatoms. The number of aryl methyl sites for hydroxylation is 1. The number of carbonyl (C=O) groups is 2. The number of Topliss-reactive ketones (excluding diaryl/α,β-unsaturated/α-hetero) is 1. The van der Waals surface area contributed by atoms with Crippen molar-refractivity contribution in [1.82, 2.24) is 4.98 Å². The van der Waals surface area contributed by atoms with Gasteiger partial charge in [0.25, 0.3) is 5.78 Å². The first-order valence-electron chi connectivity index (χ1n) is 12.0. The molecule has 0 unspecified atom stereocenters. The van der Waals surface area contributed by atoms with Gasteiger partial charge >= 0.3 is 5.91 Å². The van der Waals surface area contributed by atoms with Crippen LogP contribution in [0.3, 0.4) is 0 Å². The van der Waals surface area contributed by atoms with E-state index in [0.29, 0.717) is 28.4 Å². The van der Waals surface area contributed by atoms with Crippen molar-refractivity contribution in [2.45, 2.75) is 32.4 Å². The third-order valence-electron chi connectivity index (χ3n) is 6.78. The Morgan fingerprint density at radius 3 is 2.65 bits per heavy atom. The Morgan fingerprint density at radius 1 is 1.11 bits per heavy atom. The van der Waals surface area contributed by atoms with Gasteiger partial charge in [-0.25, -0.2) is 4.98 Å². The Hall–Kier alpha value is -4.17. The van der Waals surface area contributed by atoms with Gasteiger partial charge in [0.2, 0.25) is 0 Å². The number of hydrogen-bond acceptors (Lipinski definition) is 7. The van der Waals surface area contributed by atoms with Crippen LogP contribution in [-0.4, -0.2) is 35.0 Å². The number of nitrogens with zero attached hydrogens (tertiary/aromatic N) is 2. The van der Waals surface area contributed by atoms with E-state index in [2.05, 4.69) is 4.98 Å². The van der Waals surface area contributed by atoms with Gasteiger partial charge in [-0.2, -0.15) is 0 Å². The first-order chi connectivity index (χ1) is 17.8. The third kappa shape index (κ3) is 3.84. The minimum absolute atomic E-state index is 0.0255. The lowest BCUT2D eigenvalue weighted by atomic mass is 9.94. The molecule has 1 N–H and O–H groups in total. The largest absolute Gasteiger partial charge is 0.507 e. The van der Waals surface area contributed by atoms with Crippen LogP contribution >= 0.6 is 11.3 Å². The normalized spacial score (nSPS) is 20.4. The molecule has 3 heterocycles. The number of benzene rings is 3. The van der Waals surface area contributed by atoms with Crippen LogP contribution in [0.5, 0.6) is 11.5 Å². The molecule has 37 heavy (non-hydrogen) atoms. The van der Waals surface area contributed by atoms with E-state index in [4.69, 9.17) is 9.47 Å². The quantitative estimate of drug-likeness (QED) is 0.219. The van der Waals surface area contributed by atoms with Gasteiger partial charge in [0.05, 0.1) is 28.9 Å². The van der Waals surface area contributed by atoms with Crippen molar-refractivity contribution in [3.63, 3.8) is 0 Å². The van der Waals surface area contributed by atoms with Crippen LogP contribution in [0, 0.1) is 6.92 Å². The Labute approximate surface area is 217 Å². The van der Waals surface area contributed by atoms with Crippen LogP contribution in [0.25, 0.3) is 16.0 Å². The summed E-state index contributed by atoms with van der Waals surface area (Å²) in [6, 6.07) is 17.5. The highest BCUT2D eigenvalue weighted by Crippen LogP contribution is 2.45. The number of thiazole rings is 1. The SMILES string of the molecule is COc1ccc([C@@H]2/C(=C(\O)c3ccc4c(c3)C[C@H](C)O4)C(=O)C(=O)N2c2nc3ccc(C)cc3s2)cc1. The van der Waals surface area contributed by atoms with Crippen LogP contribution in [0.1, 0.15) is 35.2 Å². The summed E-state index contributed by atoms with van der Waals surface area (Å²) in [4.78, 5) is 33.0. The van der Waals surface area contributed by atoms with Gasteiger partial charge in [0.1, 0.15) is 23.4 Å². The molecule has 186 valence electrons. The molecule has 0 saturated carbocycles. The molecule has 1 saturated heterocycles. The number of carbonyl (C=O) groups excluding carboxylic acids is 2. The molecule has 7 nitrogen and oxygen atoms in total. The van der Waals surface area contributed by atoms with Gasteiger partial charge in [-0.15, -0.1) is 0 Å². The van der Waals surface area contributed by atoms with Crippen LogP contribution in [0.4, 0.5) is 5.13 Å². The van der Waals surface area contributed by atoms with E-state index in [9.17, 15) is 14.7 Å². The molecular weight excluding hydrogens is 488 g/mol. The molecule has 1 amide bonds. The number of ether oxygens (including phenoxy) is 2. The number of methoxy groups -OCH3 is 1. The molecule has 1 fully saturated rings. The van der Waals surface area contributed by atoms with E-state index in [0.717, 1.165) is 27.1 Å². The number of aliphatic hydroxyl groups excluding tert-OH is 1. The maximum Gasteiger partial charge on any atom is 0.301 e. The molecule has 2 atom stereocenters. The fourth-order valence-corrected chi connectivity index (χ4v) is 6.07. The summed E-state index contributed by atoms with van der Waals surface area (Å²) in [6.07, 6.45) is 0.748. The Bertz CT molecular complexity index is 1600. The Morgan fingerprint density at radius 2 is 1.89 bits per heavy atom. The van der Waals surface area contributed by atoms with Crippen molar-refractivity contribution in [2.75, 3.05) is 12.0 Å². The van der Waals surface area contributed by atoms with Crippen molar-refractivity contribution in [2.24, 2.45) is 0 Å². The molecule has 0 radical (unpaired) electrons. The van der Waals surface area contributed by atoms with Crippen molar-refractivity contribution < 1.29 is 24.2 Å². The molecule has 2 aliphatic heterocycles. The second-order valence-corrected chi connectivity index (χ2v) is 10.4. The summed E-state index contributed by atoms with van der Waals surface area (Å²) in [7, 11) is 1.57. The number of aromatic nitrogens is 1. The predicted octanol–water partition coefficient (Wildman–Crippen LogP) is 5.56. The van der Waals surface area contributed by atoms with E-state index in [1.807, 2.05) is 38.1 Å². The fourth-order valence-electron chi connectivity index (χ4n) is 4.98. The zero-order chi connectivity index (χ0) is 25.8. The second kappa shape index (κ2) is 8.74. The molecular formula is C29H24N2O5S. The molecule has 0 aliphatic carbocycles. The van der Waals surface area contributed by atoms with Crippen molar-refractivity contribution in [3.8, 4) is 11.5 Å². The first-order valence-corrected chi connectivity index (χ1v) is 12.8. The maximum absolute atomic E-state index is 13.5. The fraction of sp³-hybridized carbons (Fsp3) is 0.207. The summed E-state index contributed by atoms with van der Waals surface area (Å²) in [5, 5.41) is 11.9. The number of amides is 1. The Kier molecular flexibility index (Phi) is 5.49. The standard InChI is InChI=1S/C29H24N2O5S/c1-15-4-10-21-23(12-15)37-29(30-21)31-25(17-5-8-20(35-3)9-6-17)24(27(33)28(31)34)26(32)18-7-11-22-19(14-18)13-16(2)36-22/h4-12,14,16,25,32H,13H2,1-3H3/b26-24+/t16-,25+/m0/s1. The summed E-state index contributed by atoms with van der Waals surface area (Å²) in [6.45, 7) is 3.97. The van der Waals surface area contributed by atoms with Crippen LogP contribution in [-0.2, 0) is 16.0 Å². The minimum Gasteiger partial charge on any atom is -0.507 e. The summed E-state index contributed by atoms with van der Waals surface area (Å²) in [5.74, 6) is -0.291. The van der Waals surface area contributed by atoms with Crippen molar-refractivity contribution >= 4 is 44.1 Å². The summed E-state index contributed by atoms with van der Waals surface area (Å²) in [5.41, 5.74) is 3.92. The van der Waals surface area contributed by atoms with Gasteiger partial charge in [-0.05, 0) is 73.0 Å². The highest BCUT2D eigenvalue weighted by Gasteiger charge is 2.48. The molecule has 0 spiro atoms. The van der Waals surface area contributed by atoms with Crippen LogP contribution in [0.15, 0.2) is 66.2 Å². The van der Waals surface area contributed by atoms with Gasteiger partial charge in [0.15, 0.2) is 5.13 Å². The number of fused-ring (bicyclic) bond motifs is 2. The molecule has 3 aromatic carbocycles. The topological polar surface area (TPSA) is 89.0 Å². The van der Waals surface area contributed by atoms with E-state index in [-0.39, 0.29) is 17.4 Å². The van der Waals surface area contributed by atoms with E-state index in [1.165, 1.54) is 16.2 Å². The highest BCUT2D eigenvalue weighted by atomic mass is 32.1. The predicted molar refractivity (Wildman–Crippen MR) is 142 cm³/mol. The first kappa shape index (κ1) is 23.2. The van der Waals surface area contributed by atoms with E-state index in [1.54, 1.807) is 43.5 Å². The van der Waals surface area contributed by atoms with E-state index >= 15 is 0 Å². The average Bonchev–Trinajstić information content (AvgIpc) is 3.55. The Balaban J connectivity index is 1.53. The second-order valence-electron chi connectivity index (χ2n) is 9.36. The van der Waals surface area contributed by atoms with Crippen molar-refractivity contribution in [3.05, 3.63) is 88.5 Å². The van der Waals surface area contributed by atoms with Crippen molar-refractivity contribution in [1.29, 1.82) is 0 Å². The van der Waals surface area contributed by atoms with Gasteiger partial charge in [-0.1, -0.05) is 29.5 Å². The van der Waals surface area contributed by atoms with Gasteiger partial charge in [-0.3, -0.25) is 14.5 Å². The maximum atomic E-state index is 13.5. The molecule has 6 rings (SSSR count). The zero-order valence-electron chi connectivity index (χ0n) is 20.5. The number of anilines is 1. The highest BCUT2D eigenvalue weighted by molar-refractivity contribution is 7.22. The van der Waals surface area contributed by atoms with Crippen LogP contribution < -0.4 is 14.4 Å². The average molecular weight is 513 g/mol. The molecule has 4 aromatic rings. The smallest absolute Gasteiger partial charge is 0.301 e. The number of hydrogen-bond donors (Lipinski definition) is 1. The monoisotopic (exact) mass is 512 g/mol. The number of ketones is 1. The number of rotatable bonds is 4. The van der Waals surface area contributed by atoms with Crippen LogP contribution in [0.2, 0.25) is 0 Å². The lowest BCUT2D eigenvalue weighted by Crippen LogP contribution is -2.29. The van der Waals surface area contributed by atoms with Gasteiger partial charge < -0.3 is 14.6 Å². The number of aliphatic hydroxyl groups is 1. The lowest BCUT2D eigenvalue weighted by Gasteiger charge is -2.23. The zero-order valence-corrected chi connectivity index (χ0v) is 21.3. The molecule has 1 aromatic heterocycles. The minimum atomic E-state index is -0.851. The third-order valence-corrected chi connectivity index (χ3v) is 7.80.